The van der Waals surface area contributed by atoms with Gasteiger partial charge >= 0.3 is 0 Å². The van der Waals surface area contributed by atoms with Gasteiger partial charge in [-0.1, -0.05) is 6.07 Å². The largest absolute Gasteiger partial charge is 0.393 e. The molecule has 0 bridgehead atoms. The predicted molar refractivity (Wildman–Crippen MR) is 115 cm³/mol. The van der Waals surface area contributed by atoms with E-state index < -0.39 is 12.3 Å². The quantitative estimate of drug-likeness (QED) is 0.566. The molecule has 3 heterocycles. The highest BCUT2D eigenvalue weighted by molar-refractivity contribution is 5.85. The predicted octanol–water partition coefficient (Wildman–Crippen LogP) is 4.19. The molecule has 0 radical (unpaired) electrons. The lowest BCUT2D eigenvalue weighted by molar-refractivity contribution is 0.0174. The zero-order chi connectivity index (χ0) is 21.5. The number of nitrogens with zero attached hydrogens (tertiary/aromatic N) is 2. The van der Waals surface area contributed by atoms with E-state index in [0.29, 0.717) is 6.42 Å². The Kier molecular flexibility index (Phi) is 5.51. The zero-order valence-corrected chi connectivity index (χ0v) is 17.5. The second-order valence-corrected chi connectivity index (χ2v) is 8.41. The third-order valence-corrected chi connectivity index (χ3v) is 5.87. The van der Waals surface area contributed by atoms with Crippen LogP contribution in [0.4, 0.5) is 14.6 Å². The van der Waals surface area contributed by atoms with Gasteiger partial charge in [-0.3, -0.25) is 4.90 Å². The monoisotopic (exact) mass is 414 g/mol. The minimum absolute atomic E-state index is 0.0293. The van der Waals surface area contributed by atoms with Gasteiger partial charge < -0.3 is 15.4 Å². The number of aliphatic hydroxyl groups excluding tert-OH is 1. The van der Waals surface area contributed by atoms with E-state index >= 15 is 0 Å². The molecular formula is C23H28F2N4O. The lowest BCUT2D eigenvalue weighted by atomic mass is 9.88. The normalized spacial score (nSPS) is 21.4. The van der Waals surface area contributed by atoms with Crippen LogP contribution in [0.1, 0.15) is 43.6 Å². The zero-order valence-electron chi connectivity index (χ0n) is 17.5. The Hall–Kier alpha value is -2.51. The molecule has 1 aliphatic rings. The first-order chi connectivity index (χ1) is 14.3. The summed E-state index contributed by atoms with van der Waals surface area (Å²) in [6.45, 7) is 5.78. The average Bonchev–Trinajstić information content (AvgIpc) is 3.06. The molecule has 2 aromatic heterocycles. The third kappa shape index (κ3) is 3.79. The molecule has 5 nitrogen and oxygen atoms in total. The number of anilines is 1. The van der Waals surface area contributed by atoms with Gasteiger partial charge in [0.05, 0.1) is 12.6 Å². The first-order valence-electron chi connectivity index (χ1n) is 10.4. The minimum atomic E-state index is -1.74. The fourth-order valence-electron chi connectivity index (χ4n) is 4.42. The molecule has 3 unspecified atom stereocenters. The highest BCUT2D eigenvalue weighted by Crippen LogP contribution is 2.41. The summed E-state index contributed by atoms with van der Waals surface area (Å²) in [6, 6.07) is 8.44. The Bertz CT molecular complexity index is 1030. The smallest absolute Gasteiger partial charge is 0.143 e. The maximum atomic E-state index is 14.9. The number of aromatic amines is 1. The molecule has 0 saturated carbocycles. The van der Waals surface area contributed by atoms with Gasteiger partial charge in [-0.25, -0.2) is 13.8 Å². The molecule has 0 amide bonds. The molecule has 0 saturated heterocycles. The van der Waals surface area contributed by atoms with Crippen LogP contribution in [0.2, 0.25) is 0 Å². The van der Waals surface area contributed by atoms with E-state index in [1.165, 1.54) is 19.1 Å². The lowest BCUT2D eigenvalue weighted by Gasteiger charge is -2.43. The second-order valence-electron chi connectivity index (χ2n) is 8.41. The van der Waals surface area contributed by atoms with Gasteiger partial charge in [0.2, 0.25) is 0 Å². The molecule has 1 aromatic carbocycles. The van der Waals surface area contributed by atoms with Crippen LogP contribution in [0, 0.1) is 5.82 Å². The number of benzene rings is 1. The Balaban J connectivity index is 1.84. The highest BCUT2D eigenvalue weighted by Gasteiger charge is 2.39. The standard InChI is InChI=1S/C23H28F2N4O/c1-4-26-20-8-5-15(11-27-20)22-21-18(17-7-6-16(24)10-19(17)28-21)9-14(2)29(22)12-23(3,25)13-30/h5-8,10-11,14,22,28,30H,4,9,12-13H2,1-3H3,(H,26,27). The van der Waals surface area contributed by atoms with Gasteiger partial charge in [0.25, 0.3) is 0 Å². The van der Waals surface area contributed by atoms with E-state index in [4.69, 9.17) is 0 Å². The highest BCUT2D eigenvalue weighted by atomic mass is 19.1. The number of alkyl halides is 1. The summed E-state index contributed by atoms with van der Waals surface area (Å²) in [6.07, 6.45) is 2.51. The third-order valence-electron chi connectivity index (χ3n) is 5.87. The minimum Gasteiger partial charge on any atom is -0.393 e. The first-order valence-corrected chi connectivity index (χ1v) is 10.4. The maximum Gasteiger partial charge on any atom is 0.143 e. The summed E-state index contributed by atoms with van der Waals surface area (Å²) in [5.41, 5.74) is 1.98. The number of H-pyrrole nitrogens is 1. The van der Waals surface area contributed by atoms with E-state index in [1.807, 2.05) is 19.1 Å². The number of aromatic nitrogens is 2. The molecule has 3 atom stereocenters. The SMILES string of the molecule is CCNc1ccc(C2c3[nH]c4cc(F)ccc4c3CC(C)N2CC(C)(F)CO)cn1. The summed E-state index contributed by atoms with van der Waals surface area (Å²) >= 11 is 0. The van der Waals surface area contributed by atoms with E-state index in [1.54, 1.807) is 12.3 Å². The van der Waals surface area contributed by atoms with Crippen molar-refractivity contribution < 1.29 is 13.9 Å². The molecule has 7 heteroatoms. The number of rotatable bonds is 6. The summed E-state index contributed by atoms with van der Waals surface area (Å²) in [7, 11) is 0. The van der Waals surface area contributed by atoms with E-state index in [2.05, 4.69) is 27.1 Å². The van der Waals surface area contributed by atoms with Gasteiger partial charge in [0.15, 0.2) is 0 Å². The first kappa shape index (κ1) is 20.8. The van der Waals surface area contributed by atoms with Crippen molar-refractivity contribution in [3.05, 3.63) is 59.2 Å². The average molecular weight is 415 g/mol. The van der Waals surface area contributed by atoms with E-state index in [9.17, 15) is 13.9 Å². The van der Waals surface area contributed by atoms with Crippen molar-refractivity contribution in [1.82, 2.24) is 14.9 Å². The van der Waals surface area contributed by atoms with Crippen LogP contribution >= 0.6 is 0 Å². The Morgan fingerprint density at radius 3 is 2.80 bits per heavy atom. The number of fused-ring (bicyclic) bond motifs is 3. The molecular weight excluding hydrogens is 386 g/mol. The van der Waals surface area contributed by atoms with Crippen molar-refractivity contribution in [2.45, 2.75) is 44.9 Å². The Morgan fingerprint density at radius 1 is 1.33 bits per heavy atom. The molecule has 0 aliphatic carbocycles. The topological polar surface area (TPSA) is 64.2 Å². The number of hydrogen-bond donors (Lipinski definition) is 3. The van der Waals surface area contributed by atoms with Gasteiger partial charge in [-0.15, -0.1) is 0 Å². The van der Waals surface area contributed by atoms with Crippen LogP contribution in [0.15, 0.2) is 36.5 Å². The van der Waals surface area contributed by atoms with Crippen LogP contribution in [0.25, 0.3) is 10.9 Å². The maximum absolute atomic E-state index is 14.9. The summed E-state index contributed by atoms with van der Waals surface area (Å²) in [5.74, 6) is 0.483. The molecule has 4 rings (SSSR count). The van der Waals surface area contributed by atoms with Gasteiger partial charge in [0.1, 0.15) is 17.3 Å². The van der Waals surface area contributed by atoms with Gasteiger partial charge in [0, 0.05) is 41.9 Å². The van der Waals surface area contributed by atoms with Crippen LogP contribution in [0.5, 0.6) is 0 Å². The molecule has 30 heavy (non-hydrogen) atoms. The molecule has 1 aliphatic heterocycles. The van der Waals surface area contributed by atoms with E-state index in [-0.39, 0.29) is 24.4 Å². The van der Waals surface area contributed by atoms with E-state index in [0.717, 1.165) is 40.1 Å². The van der Waals surface area contributed by atoms with Gasteiger partial charge in [-0.05, 0) is 62.6 Å². The van der Waals surface area contributed by atoms with Crippen molar-refractivity contribution in [2.24, 2.45) is 0 Å². The fourth-order valence-corrected chi connectivity index (χ4v) is 4.42. The van der Waals surface area contributed by atoms with Crippen LogP contribution in [-0.4, -0.2) is 51.4 Å². The van der Waals surface area contributed by atoms with Crippen molar-refractivity contribution in [3.63, 3.8) is 0 Å². The number of halogens is 2. The number of aliphatic hydroxyl groups is 1. The molecule has 0 fully saturated rings. The molecule has 0 spiro atoms. The fraction of sp³-hybridized carbons (Fsp3) is 0.435. The van der Waals surface area contributed by atoms with Crippen molar-refractivity contribution >= 4 is 16.7 Å². The second kappa shape index (κ2) is 7.96. The summed E-state index contributed by atoms with van der Waals surface area (Å²) in [4.78, 5) is 9.96. The molecule has 160 valence electrons. The molecule has 3 N–H and O–H groups in total. The Morgan fingerprint density at radius 2 is 2.13 bits per heavy atom. The van der Waals surface area contributed by atoms with Crippen LogP contribution in [-0.2, 0) is 6.42 Å². The van der Waals surface area contributed by atoms with Crippen molar-refractivity contribution in [2.75, 3.05) is 25.0 Å². The Labute approximate surface area is 175 Å². The molecule has 3 aromatic rings. The number of nitrogens with one attached hydrogen (secondary N) is 2. The van der Waals surface area contributed by atoms with Crippen molar-refractivity contribution in [3.8, 4) is 0 Å². The lowest BCUT2D eigenvalue weighted by Crippen LogP contribution is -2.49. The van der Waals surface area contributed by atoms with Crippen LogP contribution < -0.4 is 5.32 Å². The van der Waals surface area contributed by atoms with Crippen molar-refractivity contribution in [1.29, 1.82) is 0 Å². The summed E-state index contributed by atoms with van der Waals surface area (Å²) < 4.78 is 28.7. The van der Waals surface area contributed by atoms with Gasteiger partial charge in [-0.2, -0.15) is 0 Å². The van der Waals surface area contributed by atoms with Crippen LogP contribution in [0.3, 0.4) is 0 Å². The number of hydrogen-bond acceptors (Lipinski definition) is 4. The number of pyridine rings is 1. The summed E-state index contributed by atoms with van der Waals surface area (Å²) in [5, 5.41) is 13.7.